The van der Waals surface area contributed by atoms with Crippen molar-refractivity contribution in [2.75, 3.05) is 6.54 Å². The van der Waals surface area contributed by atoms with Crippen molar-refractivity contribution < 1.29 is 14.4 Å². The summed E-state index contributed by atoms with van der Waals surface area (Å²) in [5.41, 5.74) is 0. The molecule has 3 aliphatic rings. The van der Waals surface area contributed by atoms with Gasteiger partial charge in [0.25, 0.3) is 0 Å². The Morgan fingerprint density at radius 1 is 1.35 bits per heavy atom. The third kappa shape index (κ3) is 2.02. The average Bonchev–Trinajstić information content (AvgIpc) is 2.82. The number of carboxylic acid groups (broad SMARTS) is 1. The second-order valence-electron chi connectivity index (χ2n) is 6.39. The Morgan fingerprint density at radius 2 is 2.20 bits per heavy atom. The van der Waals surface area contributed by atoms with E-state index in [-0.39, 0.29) is 6.04 Å². The summed E-state index contributed by atoms with van der Waals surface area (Å²) in [6.45, 7) is 1.33. The summed E-state index contributed by atoms with van der Waals surface area (Å²) in [6, 6.07) is -0.376. The molecule has 0 amide bonds. The molecule has 20 heavy (non-hydrogen) atoms. The molecular formula is C14H19N3O3. The molecule has 6 nitrogen and oxygen atoms in total. The van der Waals surface area contributed by atoms with Gasteiger partial charge in [0, 0.05) is 12.5 Å². The van der Waals surface area contributed by atoms with Crippen LogP contribution in [0.3, 0.4) is 0 Å². The SMILES string of the molecule is O=C(O)C1C2CCCC2CN1Cc1nc(C2CC2)no1. The van der Waals surface area contributed by atoms with Crippen LogP contribution in [0.5, 0.6) is 0 Å². The van der Waals surface area contributed by atoms with Gasteiger partial charge in [0.15, 0.2) is 5.82 Å². The summed E-state index contributed by atoms with van der Waals surface area (Å²) < 4.78 is 5.28. The van der Waals surface area contributed by atoms with Crippen LogP contribution in [0.25, 0.3) is 0 Å². The summed E-state index contributed by atoms with van der Waals surface area (Å²) in [7, 11) is 0. The number of hydrogen-bond acceptors (Lipinski definition) is 5. The number of likely N-dealkylation sites (tertiary alicyclic amines) is 1. The highest BCUT2D eigenvalue weighted by atomic mass is 16.5. The van der Waals surface area contributed by atoms with Crippen LogP contribution in [0.2, 0.25) is 0 Å². The lowest BCUT2D eigenvalue weighted by molar-refractivity contribution is -0.143. The van der Waals surface area contributed by atoms with Crippen molar-refractivity contribution in [2.45, 2.75) is 50.6 Å². The largest absolute Gasteiger partial charge is 0.480 e. The van der Waals surface area contributed by atoms with Gasteiger partial charge in [0.2, 0.25) is 5.89 Å². The van der Waals surface area contributed by atoms with Crippen molar-refractivity contribution in [3.05, 3.63) is 11.7 Å². The van der Waals surface area contributed by atoms with Crippen molar-refractivity contribution in [2.24, 2.45) is 11.8 Å². The van der Waals surface area contributed by atoms with Gasteiger partial charge in [-0.2, -0.15) is 4.98 Å². The van der Waals surface area contributed by atoms with E-state index in [9.17, 15) is 9.90 Å². The molecule has 0 radical (unpaired) electrons. The average molecular weight is 277 g/mol. The molecule has 0 aromatic carbocycles. The Kier molecular flexibility index (Phi) is 2.80. The first kappa shape index (κ1) is 12.3. The van der Waals surface area contributed by atoms with Crippen LogP contribution >= 0.6 is 0 Å². The molecule has 2 aliphatic carbocycles. The fraction of sp³-hybridized carbons (Fsp3) is 0.786. The number of rotatable bonds is 4. The number of carbonyl (C=O) groups is 1. The van der Waals surface area contributed by atoms with Crippen LogP contribution in [-0.2, 0) is 11.3 Å². The second kappa shape index (κ2) is 4.55. The van der Waals surface area contributed by atoms with Crippen LogP contribution < -0.4 is 0 Å². The Labute approximate surface area is 117 Å². The molecular weight excluding hydrogens is 258 g/mol. The summed E-state index contributed by atoms with van der Waals surface area (Å²) in [6.07, 6.45) is 5.64. The first-order chi connectivity index (χ1) is 9.72. The highest BCUT2D eigenvalue weighted by molar-refractivity contribution is 5.74. The highest BCUT2D eigenvalue weighted by Crippen LogP contribution is 2.43. The number of nitrogens with zero attached hydrogens (tertiary/aromatic N) is 3. The number of hydrogen-bond donors (Lipinski definition) is 1. The predicted octanol–water partition coefficient (Wildman–Crippen LogP) is 1.63. The van der Waals surface area contributed by atoms with E-state index in [4.69, 9.17) is 4.52 Å². The molecule has 108 valence electrons. The van der Waals surface area contributed by atoms with Crippen LogP contribution in [0.1, 0.15) is 49.7 Å². The van der Waals surface area contributed by atoms with Gasteiger partial charge in [0.1, 0.15) is 6.04 Å². The smallest absolute Gasteiger partial charge is 0.321 e. The molecule has 1 N–H and O–H groups in total. The third-order valence-corrected chi connectivity index (χ3v) is 5.00. The molecule has 1 aliphatic heterocycles. The van der Waals surface area contributed by atoms with Gasteiger partial charge in [-0.3, -0.25) is 9.69 Å². The molecule has 3 fully saturated rings. The standard InChI is InChI=1S/C14H19N3O3/c18-14(19)12-10-3-1-2-9(10)6-17(12)7-11-15-13(16-20-11)8-4-5-8/h8-10,12H,1-7H2,(H,18,19). The predicted molar refractivity (Wildman–Crippen MR) is 68.9 cm³/mol. The van der Waals surface area contributed by atoms with Crippen molar-refractivity contribution in [1.29, 1.82) is 0 Å². The third-order valence-electron chi connectivity index (χ3n) is 5.00. The van der Waals surface area contributed by atoms with Crippen LogP contribution in [0.15, 0.2) is 4.52 Å². The number of fused-ring (bicyclic) bond motifs is 1. The molecule has 3 atom stereocenters. The van der Waals surface area contributed by atoms with Gasteiger partial charge in [-0.1, -0.05) is 11.6 Å². The monoisotopic (exact) mass is 277 g/mol. The van der Waals surface area contributed by atoms with Crippen molar-refractivity contribution in [1.82, 2.24) is 15.0 Å². The maximum atomic E-state index is 11.6. The highest BCUT2D eigenvalue weighted by Gasteiger charge is 2.48. The normalized spacial score (nSPS) is 33.5. The number of aliphatic carboxylic acids is 1. The zero-order valence-electron chi connectivity index (χ0n) is 11.4. The summed E-state index contributed by atoms with van der Waals surface area (Å²) >= 11 is 0. The van der Waals surface area contributed by atoms with E-state index in [0.29, 0.717) is 30.2 Å². The minimum Gasteiger partial charge on any atom is -0.480 e. The molecule has 0 spiro atoms. The zero-order valence-corrected chi connectivity index (χ0v) is 11.4. The van der Waals surface area contributed by atoms with E-state index >= 15 is 0 Å². The summed E-state index contributed by atoms with van der Waals surface area (Å²) in [5.74, 6) is 1.96. The minimum absolute atomic E-state index is 0.304. The van der Waals surface area contributed by atoms with Crippen molar-refractivity contribution in [3.8, 4) is 0 Å². The molecule has 3 unspecified atom stereocenters. The minimum atomic E-state index is -0.707. The summed E-state index contributed by atoms with van der Waals surface area (Å²) in [5, 5.41) is 13.5. The first-order valence-electron chi connectivity index (χ1n) is 7.51. The number of aromatic nitrogens is 2. The Bertz CT molecular complexity index is 525. The fourth-order valence-electron chi connectivity index (χ4n) is 3.91. The molecule has 2 heterocycles. The Hall–Kier alpha value is -1.43. The quantitative estimate of drug-likeness (QED) is 0.901. The van der Waals surface area contributed by atoms with E-state index in [1.807, 2.05) is 4.90 Å². The lowest BCUT2D eigenvalue weighted by atomic mass is 9.94. The van der Waals surface area contributed by atoms with E-state index in [1.54, 1.807) is 0 Å². The molecule has 2 saturated carbocycles. The molecule has 1 aromatic rings. The molecule has 4 rings (SSSR count). The van der Waals surface area contributed by atoms with E-state index in [1.165, 1.54) is 6.42 Å². The van der Waals surface area contributed by atoms with Gasteiger partial charge >= 0.3 is 5.97 Å². The topological polar surface area (TPSA) is 79.5 Å². The van der Waals surface area contributed by atoms with Crippen LogP contribution in [-0.4, -0.2) is 38.7 Å². The van der Waals surface area contributed by atoms with Gasteiger partial charge in [-0.15, -0.1) is 0 Å². The fourth-order valence-corrected chi connectivity index (χ4v) is 3.91. The maximum absolute atomic E-state index is 11.6. The summed E-state index contributed by atoms with van der Waals surface area (Å²) in [4.78, 5) is 18.0. The maximum Gasteiger partial charge on any atom is 0.321 e. The van der Waals surface area contributed by atoms with Crippen molar-refractivity contribution >= 4 is 5.97 Å². The molecule has 6 heteroatoms. The van der Waals surface area contributed by atoms with Crippen molar-refractivity contribution in [3.63, 3.8) is 0 Å². The Morgan fingerprint density at radius 3 is 2.95 bits per heavy atom. The Balaban J connectivity index is 1.50. The number of carboxylic acids is 1. The van der Waals surface area contributed by atoms with E-state index in [0.717, 1.165) is 38.1 Å². The van der Waals surface area contributed by atoms with Gasteiger partial charge in [-0.05, 0) is 37.5 Å². The van der Waals surface area contributed by atoms with Gasteiger partial charge in [0.05, 0.1) is 6.54 Å². The van der Waals surface area contributed by atoms with Crippen LogP contribution in [0, 0.1) is 11.8 Å². The van der Waals surface area contributed by atoms with Crippen LogP contribution in [0.4, 0.5) is 0 Å². The zero-order chi connectivity index (χ0) is 13.7. The first-order valence-corrected chi connectivity index (χ1v) is 7.51. The molecule has 1 aromatic heterocycles. The lowest BCUT2D eigenvalue weighted by Gasteiger charge is -2.22. The molecule has 1 saturated heterocycles. The van der Waals surface area contributed by atoms with Gasteiger partial charge in [-0.25, -0.2) is 0 Å². The van der Waals surface area contributed by atoms with E-state index in [2.05, 4.69) is 10.1 Å². The van der Waals surface area contributed by atoms with E-state index < -0.39 is 5.97 Å². The van der Waals surface area contributed by atoms with Gasteiger partial charge < -0.3 is 9.63 Å². The molecule has 0 bridgehead atoms. The lowest BCUT2D eigenvalue weighted by Crippen LogP contribution is -2.39. The second-order valence-corrected chi connectivity index (χ2v) is 6.39.